The summed E-state index contributed by atoms with van der Waals surface area (Å²) in [4.78, 5) is 12.3. The number of rotatable bonds is 4. The van der Waals surface area contributed by atoms with Gasteiger partial charge in [-0.05, 0) is 36.6 Å². The number of nitrogens with two attached hydrogens (primary N) is 1. The van der Waals surface area contributed by atoms with Crippen LogP contribution in [0, 0.1) is 0 Å². The quantitative estimate of drug-likeness (QED) is 0.588. The number of aromatic carboxylic acids is 1. The van der Waals surface area contributed by atoms with E-state index in [0.717, 1.165) is 10.6 Å². The maximum absolute atomic E-state index is 11.2. The average molecular weight is 274 g/mol. The van der Waals surface area contributed by atoms with Gasteiger partial charge in [0.1, 0.15) is 0 Å². The van der Waals surface area contributed by atoms with E-state index in [-0.39, 0.29) is 5.56 Å². The monoisotopic (exact) mass is 274 g/mol. The van der Waals surface area contributed by atoms with E-state index in [0.29, 0.717) is 11.4 Å². The lowest BCUT2D eigenvalue weighted by Gasteiger charge is -2.13. The van der Waals surface area contributed by atoms with Crippen LogP contribution in [0.2, 0.25) is 0 Å². The highest BCUT2D eigenvalue weighted by Crippen LogP contribution is 2.29. The molecule has 0 fully saturated rings. The summed E-state index contributed by atoms with van der Waals surface area (Å²) in [5, 5.41) is 12.3. The van der Waals surface area contributed by atoms with Crippen molar-refractivity contribution >= 4 is 34.8 Å². The zero-order valence-electron chi connectivity index (χ0n) is 10.4. The first-order valence-corrected chi connectivity index (χ1v) is 6.87. The smallest absolute Gasteiger partial charge is 0.337 e. The second-order valence-corrected chi connectivity index (χ2v) is 4.78. The number of carboxylic acids is 1. The minimum absolute atomic E-state index is 0.163. The first kappa shape index (κ1) is 13.3. The molecule has 0 radical (unpaired) electrons. The van der Waals surface area contributed by atoms with Gasteiger partial charge in [-0.2, -0.15) is 0 Å². The molecule has 5 heteroatoms. The van der Waals surface area contributed by atoms with Crippen LogP contribution in [0.5, 0.6) is 0 Å². The Labute approximate surface area is 115 Å². The number of anilines is 3. The summed E-state index contributed by atoms with van der Waals surface area (Å²) < 4.78 is 0. The summed E-state index contributed by atoms with van der Waals surface area (Å²) in [5.74, 6) is -1.00. The summed E-state index contributed by atoms with van der Waals surface area (Å²) in [6.07, 6.45) is 1.97. The normalized spacial score (nSPS) is 10.2. The van der Waals surface area contributed by atoms with E-state index >= 15 is 0 Å². The minimum atomic E-state index is -1.00. The number of benzene rings is 2. The van der Waals surface area contributed by atoms with Gasteiger partial charge in [-0.3, -0.25) is 0 Å². The van der Waals surface area contributed by atoms with Crippen molar-refractivity contribution in [1.82, 2.24) is 0 Å². The maximum Gasteiger partial charge on any atom is 0.337 e. The Hall–Kier alpha value is -2.14. The van der Waals surface area contributed by atoms with Gasteiger partial charge in [0.05, 0.1) is 16.9 Å². The molecule has 0 atom stereocenters. The second kappa shape index (κ2) is 5.67. The summed E-state index contributed by atoms with van der Waals surface area (Å²) in [6.45, 7) is 0. The van der Waals surface area contributed by atoms with Gasteiger partial charge < -0.3 is 16.2 Å². The molecule has 0 heterocycles. The fraction of sp³-hybridized carbons (Fsp3) is 0.0714. The molecule has 2 aromatic rings. The Kier molecular flexibility index (Phi) is 3.97. The van der Waals surface area contributed by atoms with Crippen molar-refractivity contribution in [2.24, 2.45) is 0 Å². The van der Waals surface area contributed by atoms with Crippen LogP contribution in [0.15, 0.2) is 47.4 Å². The lowest BCUT2D eigenvalue weighted by atomic mass is 10.1. The molecule has 4 N–H and O–H groups in total. The molecule has 0 saturated carbocycles. The van der Waals surface area contributed by atoms with Crippen LogP contribution < -0.4 is 11.1 Å². The molecular weight excluding hydrogens is 260 g/mol. The van der Waals surface area contributed by atoms with Crippen LogP contribution in [0.25, 0.3) is 0 Å². The van der Waals surface area contributed by atoms with Gasteiger partial charge in [-0.15, -0.1) is 11.8 Å². The third-order valence-electron chi connectivity index (χ3n) is 2.65. The van der Waals surface area contributed by atoms with Crippen molar-refractivity contribution < 1.29 is 9.90 Å². The van der Waals surface area contributed by atoms with Gasteiger partial charge in [0.15, 0.2) is 0 Å². The number of thioether (sulfide) groups is 1. The second-order valence-electron chi connectivity index (χ2n) is 3.94. The summed E-state index contributed by atoms with van der Waals surface area (Å²) in [7, 11) is 0. The predicted octanol–water partition coefficient (Wildman–Crippen LogP) is 3.43. The first-order chi connectivity index (χ1) is 9.11. The Morgan fingerprint density at radius 3 is 2.63 bits per heavy atom. The van der Waals surface area contributed by atoms with Crippen LogP contribution in [-0.2, 0) is 0 Å². The molecular formula is C14H14N2O2S. The molecule has 4 nitrogen and oxygen atoms in total. The van der Waals surface area contributed by atoms with Crippen LogP contribution >= 0.6 is 11.8 Å². The van der Waals surface area contributed by atoms with E-state index < -0.39 is 5.97 Å². The SMILES string of the molecule is CSc1ccccc1Nc1ccc(N)cc1C(=O)O. The van der Waals surface area contributed by atoms with Crippen molar-refractivity contribution in [3.05, 3.63) is 48.0 Å². The molecule has 0 aromatic heterocycles. The molecule has 19 heavy (non-hydrogen) atoms. The highest BCUT2D eigenvalue weighted by Gasteiger charge is 2.11. The van der Waals surface area contributed by atoms with Gasteiger partial charge in [-0.25, -0.2) is 4.79 Å². The van der Waals surface area contributed by atoms with Crippen LogP contribution in [0.3, 0.4) is 0 Å². The van der Waals surface area contributed by atoms with Gasteiger partial charge in [0.2, 0.25) is 0 Å². The number of nitrogens with one attached hydrogen (secondary N) is 1. The predicted molar refractivity (Wildman–Crippen MR) is 79.3 cm³/mol. The molecule has 0 aliphatic rings. The minimum Gasteiger partial charge on any atom is -0.478 e. The molecule has 0 saturated heterocycles. The number of hydrogen-bond donors (Lipinski definition) is 3. The van der Waals surface area contributed by atoms with Crippen LogP contribution in [0.4, 0.5) is 17.1 Å². The molecule has 2 rings (SSSR count). The molecule has 0 aliphatic heterocycles. The standard InChI is InChI=1S/C14H14N2O2S/c1-19-13-5-3-2-4-12(13)16-11-7-6-9(15)8-10(11)14(17)18/h2-8,16H,15H2,1H3,(H,17,18). The van der Waals surface area contributed by atoms with E-state index in [1.165, 1.54) is 6.07 Å². The highest BCUT2D eigenvalue weighted by molar-refractivity contribution is 7.98. The fourth-order valence-electron chi connectivity index (χ4n) is 1.74. The van der Waals surface area contributed by atoms with Gasteiger partial charge in [0, 0.05) is 10.6 Å². The topological polar surface area (TPSA) is 75.3 Å². The largest absolute Gasteiger partial charge is 0.478 e. The third-order valence-corrected chi connectivity index (χ3v) is 3.45. The highest BCUT2D eigenvalue weighted by atomic mass is 32.2. The zero-order chi connectivity index (χ0) is 13.8. The third kappa shape index (κ3) is 3.00. The average Bonchev–Trinajstić information content (AvgIpc) is 2.41. The van der Waals surface area contributed by atoms with E-state index in [1.54, 1.807) is 23.9 Å². The van der Waals surface area contributed by atoms with Crippen molar-refractivity contribution in [2.75, 3.05) is 17.3 Å². The maximum atomic E-state index is 11.2. The fourth-order valence-corrected chi connectivity index (χ4v) is 2.29. The van der Waals surface area contributed by atoms with Crippen molar-refractivity contribution in [1.29, 1.82) is 0 Å². The first-order valence-electron chi connectivity index (χ1n) is 5.64. The number of para-hydroxylation sites is 1. The number of hydrogen-bond acceptors (Lipinski definition) is 4. The lowest BCUT2D eigenvalue weighted by molar-refractivity contribution is 0.0698. The Bertz CT molecular complexity index is 614. The Morgan fingerprint density at radius 2 is 1.95 bits per heavy atom. The molecule has 0 unspecified atom stereocenters. The van der Waals surface area contributed by atoms with Crippen LogP contribution in [-0.4, -0.2) is 17.3 Å². The lowest BCUT2D eigenvalue weighted by Crippen LogP contribution is -2.04. The molecule has 2 aromatic carbocycles. The van der Waals surface area contributed by atoms with E-state index in [9.17, 15) is 9.90 Å². The van der Waals surface area contributed by atoms with E-state index in [4.69, 9.17) is 5.73 Å². The van der Waals surface area contributed by atoms with Crippen molar-refractivity contribution in [3.8, 4) is 0 Å². The molecule has 0 aliphatic carbocycles. The van der Waals surface area contributed by atoms with Crippen molar-refractivity contribution in [2.45, 2.75) is 4.90 Å². The summed E-state index contributed by atoms with van der Waals surface area (Å²) in [5.41, 5.74) is 7.62. The van der Waals surface area contributed by atoms with Crippen molar-refractivity contribution in [3.63, 3.8) is 0 Å². The number of carboxylic acid groups (broad SMARTS) is 1. The van der Waals surface area contributed by atoms with Gasteiger partial charge >= 0.3 is 5.97 Å². The zero-order valence-corrected chi connectivity index (χ0v) is 11.2. The molecule has 0 bridgehead atoms. The molecule has 98 valence electrons. The summed E-state index contributed by atoms with van der Waals surface area (Å²) >= 11 is 1.60. The Balaban J connectivity index is 2.41. The van der Waals surface area contributed by atoms with Gasteiger partial charge in [0.25, 0.3) is 0 Å². The van der Waals surface area contributed by atoms with E-state index in [2.05, 4.69) is 5.32 Å². The van der Waals surface area contributed by atoms with Crippen LogP contribution in [0.1, 0.15) is 10.4 Å². The number of nitrogen functional groups attached to an aromatic ring is 1. The molecule has 0 amide bonds. The van der Waals surface area contributed by atoms with Gasteiger partial charge in [-0.1, -0.05) is 12.1 Å². The molecule has 0 spiro atoms. The number of carbonyl (C=O) groups is 1. The summed E-state index contributed by atoms with van der Waals surface area (Å²) in [6, 6.07) is 12.5. The van der Waals surface area contributed by atoms with E-state index in [1.807, 2.05) is 30.5 Å². The Morgan fingerprint density at radius 1 is 1.21 bits per heavy atom.